The molecule has 0 saturated carbocycles. The summed E-state index contributed by atoms with van der Waals surface area (Å²) in [7, 11) is 0. The maximum atomic E-state index is 13.6. The molecule has 0 aliphatic carbocycles. The van der Waals surface area contributed by atoms with Crippen molar-refractivity contribution in [3.63, 3.8) is 0 Å². The van der Waals surface area contributed by atoms with Crippen LogP contribution in [0.2, 0.25) is 0 Å². The number of nitrogens with zero attached hydrogens (tertiary/aromatic N) is 1. The lowest BCUT2D eigenvalue weighted by atomic mass is 10.2. The van der Waals surface area contributed by atoms with Crippen molar-refractivity contribution in [2.75, 3.05) is 24.5 Å². The summed E-state index contributed by atoms with van der Waals surface area (Å²) >= 11 is 0. The van der Waals surface area contributed by atoms with Crippen LogP contribution in [-0.2, 0) is 0 Å². The largest absolute Gasteiger partial charge is 0.573 e. The van der Waals surface area contributed by atoms with Gasteiger partial charge in [0.05, 0.1) is 0 Å². The van der Waals surface area contributed by atoms with Gasteiger partial charge in [-0.05, 0) is 19.1 Å². The molecule has 1 saturated heterocycles. The fourth-order valence-electron chi connectivity index (χ4n) is 2.06. The van der Waals surface area contributed by atoms with Crippen molar-refractivity contribution in [1.82, 2.24) is 5.32 Å². The average Bonchev–Trinajstić information content (AvgIpc) is 2.30. The van der Waals surface area contributed by atoms with Crippen molar-refractivity contribution >= 4 is 5.69 Å². The molecule has 0 spiro atoms. The molecular formula is C12H14F4N2O. The van der Waals surface area contributed by atoms with Crippen LogP contribution in [0, 0.1) is 5.82 Å². The zero-order valence-electron chi connectivity index (χ0n) is 10.3. The van der Waals surface area contributed by atoms with E-state index in [1.54, 1.807) is 0 Å². The number of nitrogens with one attached hydrogen (secondary N) is 1. The number of halogens is 4. The zero-order valence-corrected chi connectivity index (χ0v) is 10.3. The Labute approximate surface area is 108 Å². The summed E-state index contributed by atoms with van der Waals surface area (Å²) in [4.78, 5) is 1.92. The molecule has 0 unspecified atom stereocenters. The summed E-state index contributed by atoms with van der Waals surface area (Å²) in [5.74, 6) is -1.82. The van der Waals surface area contributed by atoms with Crippen molar-refractivity contribution in [2.24, 2.45) is 0 Å². The van der Waals surface area contributed by atoms with Gasteiger partial charge in [-0.3, -0.25) is 0 Å². The van der Waals surface area contributed by atoms with Crippen LogP contribution in [0.1, 0.15) is 6.92 Å². The molecule has 3 nitrogen and oxygen atoms in total. The van der Waals surface area contributed by atoms with Crippen molar-refractivity contribution in [3.8, 4) is 5.75 Å². The van der Waals surface area contributed by atoms with Crippen LogP contribution >= 0.6 is 0 Å². The summed E-state index contributed by atoms with van der Waals surface area (Å²) < 4.78 is 53.2. The summed E-state index contributed by atoms with van der Waals surface area (Å²) in [6, 6.07) is 3.76. The van der Waals surface area contributed by atoms with Gasteiger partial charge in [0, 0.05) is 37.4 Å². The SMILES string of the molecule is C[C@@H]1CN(c2ccc(OC(F)(F)F)c(F)c2)CCN1. The van der Waals surface area contributed by atoms with Crippen LogP contribution in [0.15, 0.2) is 18.2 Å². The van der Waals surface area contributed by atoms with Gasteiger partial charge in [0.2, 0.25) is 0 Å². The molecule has 2 rings (SSSR count). The predicted octanol–water partition coefficient (Wildman–Crippen LogP) is 2.52. The number of ether oxygens (including phenoxy) is 1. The number of piperazine rings is 1. The Kier molecular flexibility index (Phi) is 3.84. The van der Waals surface area contributed by atoms with E-state index in [2.05, 4.69) is 10.1 Å². The molecule has 1 heterocycles. The minimum Gasteiger partial charge on any atom is -0.403 e. The van der Waals surface area contributed by atoms with Crippen LogP contribution in [0.5, 0.6) is 5.75 Å². The van der Waals surface area contributed by atoms with E-state index in [1.165, 1.54) is 6.07 Å². The normalized spacial score (nSPS) is 20.5. The summed E-state index contributed by atoms with van der Waals surface area (Å²) in [5, 5.41) is 3.23. The molecule has 0 radical (unpaired) electrons. The maximum absolute atomic E-state index is 13.6. The Bertz CT molecular complexity index is 450. The Balaban J connectivity index is 2.14. The van der Waals surface area contributed by atoms with Gasteiger partial charge in [-0.15, -0.1) is 13.2 Å². The fraction of sp³-hybridized carbons (Fsp3) is 0.500. The van der Waals surface area contributed by atoms with Gasteiger partial charge in [0.15, 0.2) is 11.6 Å². The van der Waals surface area contributed by atoms with Gasteiger partial charge < -0.3 is 15.0 Å². The van der Waals surface area contributed by atoms with E-state index in [9.17, 15) is 17.6 Å². The number of benzene rings is 1. The highest BCUT2D eigenvalue weighted by molar-refractivity contribution is 5.50. The van der Waals surface area contributed by atoms with E-state index in [1.807, 2.05) is 11.8 Å². The Morgan fingerprint density at radius 1 is 1.37 bits per heavy atom. The van der Waals surface area contributed by atoms with Crippen molar-refractivity contribution < 1.29 is 22.3 Å². The molecule has 1 aliphatic heterocycles. The van der Waals surface area contributed by atoms with Gasteiger partial charge in [-0.1, -0.05) is 0 Å². The molecule has 1 fully saturated rings. The topological polar surface area (TPSA) is 24.5 Å². The summed E-state index contributed by atoms with van der Waals surface area (Å²) in [6.07, 6.45) is -4.88. The molecule has 1 aliphatic rings. The van der Waals surface area contributed by atoms with Crippen molar-refractivity contribution in [2.45, 2.75) is 19.3 Å². The van der Waals surface area contributed by atoms with Gasteiger partial charge in [0.1, 0.15) is 0 Å². The smallest absolute Gasteiger partial charge is 0.403 e. The van der Waals surface area contributed by atoms with E-state index in [4.69, 9.17) is 0 Å². The second-order valence-corrected chi connectivity index (χ2v) is 4.46. The zero-order chi connectivity index (χ0) is 14.0. The van der Waals surface area contributed by atoms with Crippen LogP contribution in [0.25, 0.3) is 0 Å². The van der Waals surface area contributed by atoms with Crippen molar-refractivity contribution in [3.05, 3.63) is 24.0 Å². The highest BCUT2D eigenvalue weighted by atomic mass is 19.4. The number of hydrogen-bond donors (Lipinski definition) is 1. The third-order valence-corrected chi connectivity index (χ3v) is 2.88. The third-order valence-electron chi connectivity index (χ3n) is 2.88. The minimum absolute atomic E-state index is 0.253. The quantitative estimate of drug-likeness (QED) is 0.841. The van der Waals surface area contributed by atoms with Gasteiger partial charge >= 0.3 is 6.36 Å². The van der Waals surface area contributed by atoms with Gasteiger partial charge in [-0.2, -0.15) is 0 Å². The standard InChI is InChI=1S/C12H14F4N2O/c1-8-7-18(5-4-17-8)9-2-3-11(10(13)6-9)19-12(14,15)16/h2-3,6,8,17H,4-5,7H2,1H3/t8-/m1/s1. The lowest BCUT2D eigenvalue weighted by Gasteiger charge is -2.33. The summed E-state index contributed by atoms with van der Waals surface area (Å²) in [5.41, 5.74) is 0.556. The Hall–Kier alpha value is -1.50. The van der Waals surface area contributed by atoms with E-state index in [-0.39, 0.29) is 6.04 Å². The molecule has 0 aromatic heterocycles. The third kappa shape index (κ3) is 3.73. The highest BCUT2D eigenvalue weighted by Gasteiger charge is 2.32. The first-order valence-electron chi connectivity index (χ1n) is 5.89. The molecular weight excluding hydrogens is 264 g/mol. The van der Waals surface area contributed by atoms with E-state index >= 15 is 0 Å². The van der Waals surface area contributed by atoms with Gasteiger partial charge in [0.25, 0.3) is 0 Å². The molecule has 106 valence electrons. The van der Waals surface area contributed by atoms with E-state index in [0.717, 1.165) is 18.7 Å². The van der Waals surface area contributed by atoms with E-state index in [0.29, 0.717) is 18.8 Å². The first kappa shape index (κ1) is 13.9. The number of hydrogen-bond acceptors (Lipinski definition) is 3. The van der Waals surface area contributed by atoms with Crippen LogP contribution in [-0.4, -0.2) is 32.0 Å². The molecule has 1 aromatic carbocycles. The average molecular weight is 278 g/mol. The second-order valence-electron chi connectivity index (χ2n) is 4.46. The molecule has 7 heteroatoms. The van der Waals surface area contributed by atoms with Crippen LogP contribution < -0.4 is 15.0 Å². The molecule has 1 atom stereocenters. The predicted molar refractivity (Wildman–Crippen MR) is 62.8 cm³/mol. The van der Waals surface area contributed by atoms with Crippen LogP contribution in [0.4, 0.5) is 23.2 Å². The first-order valence-corrected chi connectivity index (χ1v) is 5.89. The molecule has 0 bridgehead atoms. The van der Waals surface area contributed by atoms with Gasteiger partial charge in [-0.25, -0.2) is 4.39 Å². The van der Waals surface area contributed by atoms with Crippen LogP contribution in [0.3, 0.4) is 0 Å². The number of rotatable bonds is 2. The highest BCUT2D eigenvalue weighted by Crippen LogP contribution is 2.29. The number of alkyl halides is 3. The molecule has 1 N–H and O–H groups in total. The Morgan fingerprint density at radius 2 is 2.11 bits per heavy atom. The maximum Gasteiger partial charge on any atom is 0.573 e. The fourth-order valence-corrected chi connectivity index (χ4v) is 2.06. The number of anilines is 1. The minimum atomic E-state index is -4.88. The molecule has 19 heavy (non-hydrogen) atoms. The van der Waals surface area contributed by atoms with Crippen molar-refractivity contribution in [1.29, 1.82) is 0 Å². The van der Waals surface area contributed by atoms with E-state index < -0.39 is 17.9 Å². The second kappa shape index (κ2) is 5.24. The Morgan fingerprint density at radius 3 is 2.68 bits per heavy atom. The first-order chi connectivity index (χ1) is 8.85. The molecule has 0 amide bonds. The lowest BCUT2D eigenvalue weighted by Crippen LogP contribution is -2.49. The molecule has 1 aromatic rings. The monoisotopic (exact) mass is 278 g/mol. The lowest BCUT2D eigenvalue weighted by molar-refractivity contribution is -0.275. The summed E-state index contributed by atoms with van der Waals surface area (Å²) in [6.45, 7) is 4.11.